The van der Waals surface area contributed by atoms with Gasteiger partial charge in [0.15, 0.2) is 0 Å². The molecule has 7 nitrogen and oxygen atoms in total. The summed E-state index contributed by atoms with van der Waals surface area (Å²) in [6.07, 6.45) is 3.39. The summed E-state index contributed by atoms with van der Waals surface area (Å²) in [4.78, 5) is 8.97. The first kappa shape index (κ1) is 19.8. The molecule has 0 bridgehead atoms. The fourth-order valence-corrected chi connectivity index (χ4v) is 3.33. The van der Waals surface area contributed by atoms with E-state index in [0.29, 0.717) is 24.2 Å². The molecule has 154 valence electrons. The van der Waals surface area contributed by atoms with Gasteiger partial charge < -0.3 is 14.5 Å². The Morgan fingerprint density at radius 2 is 1.97 bits per heavy atom. The van der Waals surface area contributed by atoms with Crippen molar-refractivity contribution in [2.45, 2.75) is 40.0 Å². The molecule has 0 aliphatic rings. The average molecular weight is 403 g/mol. The van der Waals surface area contributed by atoms with E-state index in [0.717, 1.165) is 33.5 Å². The van der Waals surface area contributed by atoms with Crippen LogP contribution in [0.4, 0.5) is 11.7 Å². The number of hydrogen-bond acceptors (Lipinski definition) is 7. The lowest BCUT2D eigenvalue weighted by atomic mass is 9.84. The number of hydrogen-bond donors (Lipinski definition) is 1. The van der Waals surface area contributed by atoms with Gasteiger partial charge >= 0.3 is 6.01 Å². The number of ether oxygens (including phenoxy) is 1. The van der Waals surface area contributed by atoms with Crippen molar-refractivity contribution in [2.75, 3.05) is 11.9 Å². The third-order valence-corrected chi connectivity index (χ3v) is 4.77. The Balaban J connectivity index is 1.78. The van der Waals surface area contributed by atoms with Gasteiger partial charge in [-0.1, -0.05) is 25.9 Å². The van der Waals surface area contributed by atoms with Gasteiger partial charge in [-0.2, -0.15) is 0 Å². The Morgan fingerprint density at radius 1 is 1.13 bits per heavy atom. The summed E-state index contributed by atoms with van der Waals surface area (Å²) < 4.78 is 11.6. The fourth-order valence-electron chi connectivity index (χ4n) is 3.33. The van der Waals surface area contributed by atoms with Crippen molar-refractivity contribution in [2.24, 2.45) is 0 Å². The second-order valence-corrected chi connectivity index (χ2v) is 8.15. The standard InChI is InChI=1S/C23H25N5O2/c1-6-29-16-11-17-14(2)10-19(26-20(17)18(12-16)23(3,4)5)21-27-28-22(30-21)25-15-8-7-9-24-13-15/h7-13H,6H2,1-5H3,(H,25,28). The van der Waals surface area contributed by atoms with Crippen LogP contribution in [0.25, 0.3) is 22.5 Å². The van der Waals surface area contributed by atoms with Crippen LogP contribution in [-0.4, -0.2) is 26.8 Å². The van der Waals surface area contributed by atoms with Gasteiger partial charge in [0, 0.05) is 11.6 Å². The van der Waals surface area contributed by atoms with Gasteiger partial charge in [0.25, 0.3) is 5.89 Å². The van der Waals surface area contributed by atoms with Gasteiger partial charge in [-0.15, -0.1) is 5.10 Å². The summed E-state index contributed by atoms with van der Waals surface area (Å²) in [5.74, 6) is 1.22. The van der Waals surface area contributed by atoms with Crippen LogP contribution in [0.3, 0.4) is 0 Å². The summed E-state index contributed by atoms with van der Waals surface area (Å²) in [6.45, 7) is 11.2. The lowest BCUT2D eigenvalue weighted by Crippen LogP contribution is -2.13. The highest BCUT2D eigenvalue weighted by molar-refractivity contribution is 5.89. The molecule has 0 aliphatic carbocycles. The number of aromatic nitrogens is 4. The molecule has 0 atom stereocenters. The molecule has 4 aromatic rings. The van der Waals surface area contributed by atoms with E-state index in [1.54, 1.807) is 12.4 Å². The zero-order valence-corrected chi connectivity index (χ0v) is 17.9. The molecule has 0 fully saturated rings. The molecule has 0 aliphatic heterocycles. The molecule has 0 saturated carbocycles. The minimum atomic E-state index is -0.106. The van der Waals surface area contributed by atoms with Crippen molar-refractivity contribution in [3.05, 3.63) is 53.9 Å². The van der Waals surface area contributed by atoms with Crippen molar-refractivity contribution >= 4 is 22.6 Å². The number of pyridine rings is 2. The summed E-state index contributed by atoms with van der Waals surface area (Å²) >= 11 is 0. The Bertz CT molecular complexity index is 1180. The highest BCUT2D eigenvalue weighted by atomic mass is 16.5. The van der Waals surface area contributed by atoms with E-state index >= 15 is 0 Å². The number of nitrogens with zero attached hydrogens (tertiary/aromatic N) is 4. The van der Waals surface area contributed by atoms with Gasteiger partial charge in [0.05, 0.1) is 24.0 Å². The van der Waals surface area contributed by atoms with Crippen LogP contribution in [0.5, 0.6) is 5.75 Å². The highest BCUT2D eigenvalue weighted by Crippen LogP contribution is 2.36. The zero-order chi connectivity index (χ0) is 21.3. The average Bonchev–Trinajstić information content (AvgIpc) is 3.16. The highest BCUT2D eigenvalue weighted by Gasteiger charge is 2.22. The minimum Gasteiger partial charge on any atom is -0.494 e. The van der Waals surface area contributed by atoms with E-state index in [1.807, 2.05) is 31.2 Å². The van der Waals surface area contributed by atoms with Gasteiger partial charge in [-0.05, 0) is 60.7 Å². The van der Waals surface area contributed by atoms with Crippen LogP contribution in [0.15, 0.2) is 47.1 Å². The maximum absolute atomic E-state index is 5.82. The summed E-state index contributed by atoms with van der Waals surface area (Å²) in [6, 6.07) is 10.1. The van der Waals surface area contributed by atoms with Crippen molar-refractivity contribution in [3.63, 3.8) is 0 Å². The Labute approximate surface area is 175 Å². The molecule has 3 aromatic heterocycles. The molecule has 0 amide bonds. The first-order valence-corrected chi connectivity index (χ1v) is 9.95. The van der Waals surface area contributed by atoms with E-state index < -0.39 is 0 Å². The topological polar surface area (TPSA) is 86.0 Å². The normalized spacial score (nSPS) is 11.6. The largest absolute Gasteiger partial charge is 0.494 e. The third-order valence-electron chi connectivity index (χ3n) is 4.77. The van der Waals surface area contributed by atoms with Gasteiger partial charge in [0.2, 0.25) is 0 Å². The van der Waals surface area contributed by atoms with Gasteiger partial charge in [0.1, 0.15) is 11.4 Å². The Kier molecular flexibility index (Phi) is 5.11. The molecule has 7 heteroatoms. The van der Waals surface area contributed by atoms with Crippen LogP contribution < -0.4 is 10.1 Å². The summed E-state index contributed by atoms with van der Waals surface area (Å²) in [5.41, 5.74) is 4.41. The van der Waals surface area contributed by atoms with Crippen LogP contribution in [0, 0.1) is 6.92 Å². The van der Waals surface area contributed by atoms with Crippen molar-refractivity contribution in [1.29, 1.82) is 0 Å². The number of rotatable bonds is 5. The maximum atomic E-state index is 5.82. The lowest BCUT2D eigenvalue weighted by molar-refractivity contribution is 0.339. The second-order valence-electron chi connectivity index (χ2n) is 8.15. The number of anilines is 2. The Hall–Kier alpha value is -3.48. The molecule has 1 aromatic carbocycles. The predicted molar refractivity (Wildman–Crippen MR) is 117 cm³/mol. The molecular formula is C23H25N5O2. The SMILES string of the molecule is CCOc1cc(C(C)(C)C)c2nc(-c3nnc(Nc4cccnc4)o3)cc(C)c2c1. The second kappa shape index (κ2) is 7.74. The molecule has 30 heavy (non-hydrogen) atoms. The van der Waals surface area contributed by atoms with E-state index in [4.69, 9.17) is 14.1 Å². The van der Waals surface area contributed by atoms with Crippen molar-refractivity contribution in [1.82, 2.24) is 20.2 Å². The molecule has 0 spiro atoms. The number of nitrogens with one attached hydrogen (secondary N) is 1. The minimum absolute atomic E-state index is 0.106. The van der Waals surface area contributed by atoms with E-state index in [1.165, 1.54) is 0 Å². The fraction of sp³-hybridized carbons (Fsp3) is 0.304. The summed E-state index contributed by atoms with van der Waals surface area (Å²) in [7, 11) is 0. The molecule has 0 radical (unpaired) electrons. The number of benzene rings is 1. The van der Waals surface area contributed by atoms with Gasteiger partial charge in [-0.3, -0.25) is 4.98 Å². The Morgan fingerprint density at radius 3 is 2.67 bits per heavy atom. The van der Waals surface area contributed by atoms with Crippen LogP contribution >= 0.6 is 0 Å². The first-order valence-electron chi connectivity index (χ1n) is 9.95. The lowest BCUT2D eigenvalue weighted by Gasteiger charge is -2.22. The molecule has 3 heterocycles. The van der Waals surface area contributed by atoms with Gasteiger partial charge in [-0.25, -0.2) is 4.98 Å². The van der Waals surface area contributed by atoms with E-state index in [9.17, 15) is 0 Å². The molecule has 0 saturated heterocycles. The van der Waals surface area contributed by atoms with E-state index in [2.05, 4.69) is 54.3 Å². The molecular weight excluding hydrogens is 378 g/mol. The molecule has 1 N–H and O–H groups in total. The smallest absolute Gasteiger partial charge is 0.320 e. The quantitative estimate of drug-likeness (QED) is 0.475. The van der Waals surface area contributed by atoms with Crippen LogP contribution in [-0.2, 0) is 5.41 Å². The van der Waals surface area contributed by atoms with Crippen LogP contribution in [0.1, 0.15) is 38.8 Å². The maximum Gasteiger partial charge on any atom is 0.320 e. The third kappa shape index (κ3) is 3.96. The molecule has 4 rings (SSSR count). The van der Waals surface area contributed by atoms with Crippen molar-refractivity contribution < 1.29 is 9.15 Å². The van der Waals surface area contributed by atoms with E-state index in [-0.39, 0.29) is 5.41 Å². The zero-order valence-electron chi connectivity index (χ0n) is 17.9. The molecule has 0 unspecified atom stereocenters. The number of fused-ring (bicyclic) bond motifs is 1. The van der Waals surface area contributed by atoms with Crippen LogP contribution in [0.2, 0.25) is 0 Å². The monoisotopic (exact) mass is 403 g/mol. The van der Waals surface area contributed by atoms with Crippen molar-refractivity contribution in [3.8, 4) is 17.3 Å². The predicted octanol–water partition coefficient (Wildman–Crippen LogP) is 5.43. The number of aryl methyl sites for hydroxylation is 1. The first-order chi connectivity index (χ1) is 14.3. The summed E-state index contributed by atoms with van der Waals surface area (Å²) in [5, 5.41) is 12.4.